The molecular formula is C5H8KO4-. The van der Waals surface area contributed by atoms with Crippen LogP contribution in [-0.2, 0) is 19.1 Å². The topological polar surface area (TPSA) is 52.6 Å². The van der Waals surface area contributed by atoms with E-state index in [1.807, 2.05) is 0 Å². The molecule has 0 atom stereocenters. The van der Waals surface area contributed by atoms with Crippen LogP contribution >= 0.6 is 0 Å². The fourth-order valence-corrected chi connectivity index (χ4v) is 0.0830. The van der Waals surface area contributed by atoms with Crippen LogP contribution in [0.1, 0.15) is 6.92 Å². The van der Waals surface area contributed by atoms with E-state index in [1.54, 1.807) is 0 Å². The standard InChI is InChI=1S/C3H5O3.C2H3O.K/c1-5-3-6-2-4;1-2-3;/h3H2,1H3;1H3;/q2*-1;+1. The molecular weight excluding hydrogens is 163 g/mol. The van der Waals surface area contributed by atoms with Crippen LogP contribution in [0.2, 0.25) is 0 Å². The molecule has 10 heavy (non-hydrogen) atoms. The van der Waals surface area contributed by atoms with Crippen molar-refractivity contribution in [3.05, 3.63) is 0 Å². The molecule has 0 saturated carbocycles. The predicted octanol–water partition coefficient (Wildman–Crippen LogP) is -3.21. The molecule has 0 spiro atoms. The summed E-state index contributed by atoms with van der Waals surface area (Å²) < 4.78 is 8.25. The number of rotatable bonds is 3. The normalized spacial score (nSPS) is 5.80. The first-order valence-electron chi connectivity index (χ1n) is 2.10. The molecule has 0 aromatic heterocycles. The molecule has 0 rings (SSSR count). The Labute approximate surface area is 103 Å². The van der Waals surface area contributed by atoms with Crippen LogP contribution < -0.4 is 51.4 Å². The molecule has 0 heterocycles. The number of carbonyl (C=O) groups excluding carboxylic acids is 2. The molecule has 5 heteroatoms. The minimum absolute atomic E-state index is 0. The van der Waals surface area contributed by atoms with Gasteiger partial charge in [-0.2, -0.15) is 6.92 Å². The Morgan fingerprint density at radius 2 is 1.80 bits per heavy atom. The van der Waals surface area contributed by atoms with Gasteiger partial charge in [-0.25, -0.2) is 0 Å². The molecule has 0 radical (unpaired) electrons. The minimum atomic E-state index is -0.0104. The van der Waals surface area contributed by atoms with Crippen molar-refractivity contribution in [3.63, 3.8) is 0 Å². The number of methoxy groups -OCH3 is 1. The Morgan fingerprint density at radius 3 is 1.90 bits per heavy atom. The summed E-state index contributed by atoms with van der Waals surface area (Å²) in [5, 5.41) is 0. The molecule has 0 N–H and O–H groups in total. The second-order valence-corrected chi connectivity index (χ2v) is 0.838. The third-order valence-corrected chi connectivity index (χ3v) is 0.236. The molecule has 4 nitrogen and oxygen atoms in total. The first-order chi connectivity index (χ1) is 4.33. The fourth-order valence-electron chi connectivity index (χ4n) is 0.0830. The maximum Gasteiger partial charge on any atom is 1.00 e. The van der Waals surface area contributed by atoms with Gasteiger partial charge in [0.25, 0.3) is 0 Å². The van der Waals surface area contributed by atoms with Crippen molar-refractivity contribution >= 4 is 12.8 Å². The van der Waals surface area contributed by atoms with Crippen LogP contribution in [0.25, 0.3) is 0 Å². The van der Waals surface area contributed by atoms with E-state index in [0.717, 1.165) is 0 Å². The zero-order chi connectivity index (χ0) is 7.54. The maximum absolute atomic E-state index is 9.14. The Hall–Kier alpha value is 0.736. The molecule has 0 unspecified atom stereocenters. The first kappa shape index (κ1) is 17.0. The summed E-state index contributed by atoms with van der Waals surface area (Å²) in [5.41, 5.74) is 0. The third-order valence-electron chi connectivity index (χ3n) is 0.236. The van der Waals surface area contributed by atoms with Crippen molar-refractivity contribution in [2.45, 2.75) is 6.92 Å². The summed E-state index contributed by atoms with van der Waals surface area (Å²) in [6, 6.07) is 0. The SMILES string of the molecule is COCO[C-]=O.C[C-]=O.[K+]. The molecule has 0 aliphatic heterocycles. The molecule has 0 aliphatic carbocycles. The Balaban J connectivity index is -0.000000107. The van der Waals surface area contributed by atoms with E-state index in [-0.39, 0.29) is 58.2 Å². The van der Waals surface area contributed by atoms with E-state index in [0.29, 0.717) is 0 Å². The summed E-state index contributed by atoms with van der Waals surface area (Å²) in [6.07, 6.45) is 1.50. The van der Waals surface area contributed by atoms with E-state index in [1.165, 1.54) is 26.8 Å². The van der Waals surface area contributed by atoms with Gasteiger partial charge in [0.15, 0.2) is 6.79 Å². The van der Waals surface area contributed by atoms with Gasteiger partial charge >= 0.3 is 51.4 Å². The van der Waals surface area contributed by atoms with Gasteiger partial charge in [0.1, 0.15) is 0 Å². The van der Waals surface area contributed by atoms with E-state index in [9.17, 15) is 0 Å². The van der Waals surface area contributed by atoms with Crippen LogP contribution in [0.4, 0.5) is 0 Å². The molecule has 0 amide bonds. The van der Waals surface area contributed by atoms with Crippen molar-refractivity contribution in [2.75, 3.05) is 13.9 Å². The van der Waals surface area contributed by atoms with Gasteiger partial charge in [-0.1, -0.05) is 6.47 Å². The van der Waals surface area contributed by atoms with Crippen molar-refractivity contribution in [1.82, 2.24) is 0 Å². The van der Waals surface area contributed by atoms with Gasteiger partial charge in [0, 0.05) is 7.11 Å². The molecule has 54 valence electrons. The summed E-state index contributed by atoms with van der Waals surface area (Å²) in [7, 11) is 1.43. The number of hydrogen-bond donors (Lipinski definition) is 0. The molecule has 0 aromatic rings. The largest absolute Gasteiger partial charge is 1.00 e. The predicted molar refractivity (Wildman–Crippen MR) is 30.0 cm³/mol. The monoisotopic (exact) mass is 171 g/mol. The van der Waals surface area contributed by atoms with Crippen LogP contribution in [0.3, 0.4) is 0 Å². The van der Waals surface area contributed by atoms with Crippen LogP contribution in [-0.4, -0.2) is 26.7 Å². The van der Waals surface area contributed by atoms with Crippen molar-refractivity contribution in [3.8, 4) is 0 Å². The Bertz CT molecular complexity index is 66.7. The summed E-state index contributed by atoms with van der Waals surface area (Å²) in [6.45, 7) is 2.50. The Kier molecular flexibility index (Phi) is 38.4. The zero-order valence-corrected chi connectivity index (χ0v) is 9.46. The van der Waals surface area contributed by atoms with E-state index in [4.69, 9.17) is 9.59 Å². The first-order valence-corrected chi connectivity index (χ1v) is 2.10. The average Bonchev–Trinajstić information content (AvgIpc) is 1.86. The summed E-state index contributed by atoms with van der Waals surface area (Å²) >= 11 is 0. The van der Waals surface area contributed by atoms with Crippen LogP contribution in [0.5, 0.6) is 0 Å². The molecule has 0 aromatic carbocycles. The molecule has 0 aliphatic rings. The number of hydrogen-bond acceptors (Lipinski definition) is 4. The summed E-state index contributed by atoms with van der Waals surface area (Å²) in [5.74, 6) is 0. The average molecular weight is 171 g/mol. The molecule has 0 bridgehead atoms. The van der Waals surface area contributed by atoms with Crippen molar-refractivity contribution in [2.24, 2.45) is 0 Å². The van der Waals surface area contributed by atoms with E-state index >= 15 is 0 Å². The van der Waals surface area contributed by atoms with Gasteiger partial charge < -0.3 is 19.1 Å². The zero-order valence-electron chi connectivity index (χ0n) is 6.34. The van der Waals surface area contributed by atoms with Gasteiger partial charge in [0.05, 0.1) is 0 Å². The van der Waals surface area contributed by atoms with E-state index < -0.39 is 0 Å². The van der Waals surface area contributed by atoms with E-state index in [2.05, 4.69) is 9.47 Å². The second kappa shape index (κ2) is 22.6. The smallest absolute Gasteiger partial charge is 0.634 e. The fraction of sp³-hybridized carbons (Fsp3) is 0.600. The maximum atomic E-state index is 9.14. The van der Waals surface area contributed by atoms with Gasteiger partial charge in [-0.05, 0) is 0 Å². The van der Waals surface area contributed by atoms with Crippen molar-refractivity contribution < 1.29 is 70.4 Å². The van der Waals surface area contributed by atoms with Crippen molar-refractivity contribution in [1.29, 1.82) is 0 Å². The van der Waals surface area contributed by atoms with Gasteiger partial charge in [-0.3, -0.25) is 6.29 Å². The van der Waals surface area contributed by atoms with Crippen LogP contribution in [0, 0.1) is 0 Å². The third kappa shape index (κ3) is 37.5. The molecule has 0 saturated heterocycles. The Morgan fingerprint density at radius 1 is 1.40 bits per heavy atom. The molecule has 0 fully saturated rings. The quantitative estimate of drug-likeness (QED) is 0.194. The van der Waals surface area contributed by atoms with Gasteiger partial charge in [0.2, 0.25) is 0 Å². The summed E-state index contributed by atoms with van der Waals surface area (Å²) in [4.78, 5) is 17.8. The number of ether oxygens (including phenoxy) is 2. The minimum Gasteiger partial charge on any atom is -0.634 e. The van der Waals surface area contributed by atoms with Crippen LogP contribution in [0.15, 0.2) is 0 Å². The van der Waals surface area contributed by atoms with Gasteiger partial charge in [-0.15, -0.1) is 0 Å². The second-order valence-electron chi connectivity index (χ2n) is 0.838.